The van der Waals surface area contributed by atoms with Crippen molar-refractivity contribution in [1.29, 1.82) is 0 Å². The standard InChI is InChI=1S/C26H44N2O/c1-7-28(8-2)18-19-29-24-14-12-23(13-15-24)20-27-22(4)11-16-25-21(3)10-9-17-26(25,5)6/h12-15,22,27H,7-11,16-20H2,1-6H3. The van der Waals surface area contributed by atoms with Crippen LogP contribution in [0.15, 0.2) is 35.4 Å². The maximum absolute atomic E-state index is 5.89. The Kier molecular flexibility index (Phi) is 9.71. The molecule has 0 amide bonds. The van der Waals surface area contributed by atoms with Gasteiger partial charge in [0.25, 0.3) is 0 Å². The van der Waals surface area contributed by atoms with E-state index in [9.17, 15) is 0 Å². The third-order valence-corrected chi connectivity index (χ3v) is 6.66. The molecule has 1 aliphatic carbocycles. The van der Waals surface area contributed by atoms with Crippen molar-refractivity contribution in [1.82, 2.24) is 10.2 Å². The van der Waals surface area contributed by atoms with Gasteiger partial charge in [0, 0.05) is 19.1 Å². The number of likely N-dealkylation sites (N-methyl/N-ethyl adjacent to an activating group) is 1. The molecule has 1 aromatic carbocycles. The van der Waals surface area contributed by atoms with E-state index >= 15 is 0 Å². The number of hydrogen-bond donors (Lipinski definition) is 1. The molecule has 164 valence electrons. The minimum atomic E-state index is 0.392. The summed E-state index contributed by atoms with van der Waals surface area (Å²) in [5.41, 5.74) is 5.07. The lowest BCUT2D eigenvalue weighted by molar-refractivity contribution is 0.223. The Balaban J connectivity index is 1.72. The molecule has 0 saturated heterocycles. The smallest absolute Gasteiger partial charge is 0.119 e. The quantitative estimate of drug-likeness (QED) is 0.423. The van der Waals surface area contributed by atoms with Crippen LogP contribution < -0.4 is 10.1 Å². The van der Waals surface area contributed by atoms with Crippen molar-refractivity contribution in [3.05, 3.63) is 41.0 Å². The third-order valence-electron chi connectivity index (χ3n) is 6.66. The summed E-state index contributed by atoms with van der Waals surface area (Å²) in [7, 11) is 0. The lowest BCUT2D eigenvalue weighted by Gasteiger charge is -2.35. The molecular weight excluding hydrogens is 356 g/mol. The molecule has 3 nitrogen and oxygen atoms in total. The second-order valence-electron chi connectivity index (χ2n) is 9.34. The normalized spacial score (nSPS) is 17.6. The Morgan fingerprint density at radius 1 is 1.14 bits per heavy atom. The predicted molar refractivity (Wildman–Crippen MR) is 126 cm³/mol. The molecule has 1 aromatic rings. The van der Waals surface area contributed by atoms with Gasteiger partial charge in [-0.15, -0.1) is 0 Å². The lowest BCUT2D eigenvalue weighted by Crippen LogP contribution is -2.28. The summed E-state index contributed by atoms with van der Waals surface area (Å²) < 4.78 is 5.89. The van der Waals surface area contributed by atoms with Crippen LogP contribution >= 0.6 is 0 Å². The van der Waals surface area contributed by atoms with Gasteiger partial charge < -0.3 is 15.0 Å². The predicted octanol–water partition coefficient (Wildman–Crippen LogP) is 6.19. The number of nitrogens with zero attached hydrogens (tertiary/aromatic N) is 1. The Bertz CT molecular complexity index is 629. The van der Waals surface area contributed by atoms with Crippen LogP contribution in [-0.2, 0) is 6.54 Å². The molecule has 0 bridgehead atoms. The molecule has 29 heavy (non-hydrogen) atoms. The Hall–Kier alpha value is -1.32. The van der Waals surface area contributed by atoms with E-state index in [4.69, 9.17) is 4.74 Å². The molecule has 1 atom stereocenters. The van der Waals surface area contributed by atoms with Crippen LogP contribution in [0.3, 0.4) is 0 Å². The highest BCUT2D eigenvalue weighted by Crippen LogP contribution is 2.42. The first kappa shape index (κ1) is 24.0. The summed E-state index contributed by atoms with van der Waals surface area (Å²) in [5.74, 6) is 0.968. The molecule has 1 N–H and O–H groups in total. The van der Waals surface area contributed by atoms with Gasteiger partial charge in [-0.25, -0.2) is 0 Å². The van der Waals surface area contributed by atoms with E-state index in [-0.39, 0.29) is 0 Å². The average Bonchev–Trinajstić information content (AvgIpc) is 2.69. The summed E-state index contributed by atoms with van der Waals surface area (Å²) in [5, 5.41) is 3.70. The molecule has 0 aromatic heterocycles. The molecule has 3 heteroatoms. The highest BCUT2D eigenvalue weighted by molar-refractivity contribution is 5.27. The van der Waals surface area contributed by atoms with Crippen LogP contribution in [0.1, 0.15) is 79.2 Å². The van der Waals surface area contributed by atoms with Crippen LogP contribution in [0.25, 0.3) is 0 Å². The molecule has 0 fully saturated rings. The van der Waals surface area contributed by atoms with Gasteiger partial charge in [0.1, 0.15) is 12.4 Å². The third kappa shape index (κ3) is 7.79. The number of benzene rings is 1. The molecule has 0 heterocycles. The summed E-state index contributed by atoms with van der Waals surface area (Å²) in [6.45, 7) is 18.7. The summed E-state index contributed by atoms with van der Waals surface area (Å²) in [4.78, 5) is 2.38. The Labute approximate surface area is 179 Å². The van der Waals surface area contributed by atoms with Crippen molar-refractivity contribution < 1.29 is 4.74 Å². The van der Waals surface area contributed by atoms with Gasteiger partial charge in [0.05, 0.1) is 0 Å². The number of ether oxygens (including phenoxy) is 1. The maximum atomic E-state index is 5.89. The van der Waals surface area contributed by atoms with Gasteiger partial charge in [-0.1, -0.05) is 51.0 Å². The number of allylic oxidation sites excluding steroid dienone is 2. The second-order valence-corrected chi connectivity index (χ2v) is 9.34. The van der Waals surface area contributed by atoms with Crippen molar-refractivity contribution in [3.8, 4) is 5.75 Å². The van der Waals surface area contributed by atoms with Crippen LogP contribution in [-0.4, -0.2) is 37.2 Å². The largest absolute Gasteiger partial charge is 0.492 e. The van der Waals surface area contributed by atoms with Gasteiger partial charge in [0.15, 0.2) is 0 Å². The molecule has 0 spiro atoms. The zero-order valence-corrected chi connectivity index (χ0v) is 19.8. The second kappa shape index (κ2) is 11.8. The first-order valence-electron chi connectivity index (χ1n) is 11.7. The molecule has 2 rings (SSSR count). The van der Waals surface area contributed by atoms with E-state index in [2.05, 4.69) is 76.0 Å². The van der Waals surface area contributed by atoms with E-state index in [0.29, 0.717) is 11.5 Å². The highest BCUT2D eigenvalue weighted by Gasteiger charge is 2.28. The number of nitrogens with one attached hydrogen (secondary N) is 1. The Morgan fingerprint density at radius 3 is 2.45 bits per heavy atom. The van der Waals surface area contributed by atoms with E-state index in [1.54, 1.807) is 11.1 Å². The van der Waals surface area contributed by atoms with Gasteiger partial charge in [-0.2, -0.15) is 0 Å². The van der Waals surface area contributed by atoms with Crippen LogP contribution in [0.2, 0.25) is 0 Å². The van der Waals surface area contributed by atoms with Crippen molar-refractivity contribution in [2.24, 2.45) is 5.41 Å². The zero-order chi connectivity index (χ0) is 21.3. The molecular formula is C26H44N2O. The maximum Gasteiger partial charge on any atom is 0.119 e. The van der Waals surface area contributed by atoms with Gasteiger partial charge in [-0.05, 0) is 82.2 Å². The fourth-order valence-corrected chi connectivity index (χ4v) is 4.52. The van der Waals surface area contributed by atoms with Crippen molar-refractivity contribution in [2.45, 2.75) is 86.2 Å². The fourth-order valence-electron chi connectivity index (χ4n) is 4.52. The number of rotatable bonds is 12. The topological polar surface area (TPSA) is 24.5 Å². The van der Waals surface area contributed by atoms with E-state index < -0.39 is 0 Å². The van der Waals surface area contributed by atoms with Crippen LogP contribution in [0.4, 0.5) is 0 Å². The molecule has 1 unspecified atom stereocenters. The van der Waals surface area contributed by atoms with Crippen LogP contribution in [0, 0.1) is 5.41 Å². The van der Waals surface area contributed by atoms with Crippen molar-refractivity contribution >= 4 is 0 Å². The monoisotopic (exact) mass is 400 g/mol. The Morgan fingerprint density at radius 2 is 1.83 bits per heavy atom. The zero-order valence-electron chi connectivity index (χ0n) is 19.8. The minimum absolute atomic E-state index is 0.392. The lowest BCUT2D eigenvalue weighted by atomic mass is 9.71. The van der Waals surface area contributed by atoms with Crippen molar-refractivity contribution in [3.63, 3.8) is 0 Å². The summed E-state index contributed by atoms with van der Waals surface area (Å²) in [6, 6.07) is 9.09. The average molecular weight is 401 g/mol. The molecule has 0 radical (unpaired) electrons. The molecule has 0 saturated carbocycles. The minimum Gasteiger partial charge on any atom is -0.492 e. The van der Waals surface area contributed by atoms with E-state index in [1.165, 1.54) is 37.7 Å². The van der Waals surface area contributed by atoms with Gasteiger partial charge in [-0.3, -0.25) is 0 Å². The molecule has 0 aliphatic heterocycles. The van der Waals surface area contributed by atoms with E-state index in [0.717, 1.165) is 38.5 Å². The first-order chi connectivity index (χ1) is 13.9. The van der Waals surface area contributed by atoms with Crippen LogP contribution in [0.5, 0.6) is 5.75 Å². The molecule has 1 aliphatic rings. The number of hydrogen-bond acceptors (Lipinski definition) is 3. The summed E-state index contributed by atoms with van der Waals surface area (Å²) >= 11 is 0. The highest BCUT2D eigenvalue weighted by atomic mass is 16.5. The SMILES string of the molecule is CCN(CC)CCOc1ccc(CNC(C)CCC2=C(C)CCCC2(C)C)cc1. The van der Waals surface area contributed by atoms with E-state index in [1.807, 2.05) is 0 Å². The van der Waals surface area contributed by atoms with Gasteiger partial charge >= 0.3 is 0 Å². The van der Waals surface area contributed by atoms with Gasteiger partial charge in [0.2, 0.25) is 0 Å². The van der Waals surface area contributed by atoms with Crippen molar-refractivity contribution in [2.75, 3.05) is 26.2 Å². The summed E-state index contributed by atoms with van der Waals surface area (Å²) in [6.07, 6.45) is 6.43. The first-order valence-corrected chi connectivity index (χ1v) is 11.7. The fraction of sp³-hybridized carbons (Fsp3) is 0.692.